The lowest BCUT2D eigenvalue weighted by molar-refractivity contribution is -0.202. The molecular weight excluding hydrogens is 464 g/mol. The number of imide groups is 1. The first-order valence-electron chi connectivity index (χ1n) is 9.50. The van der Waals surface area contributed by atoms with Gasteiger partial charge in [-0.25, -0.2) is 9.78 Å². The lowest BCUT2D eigenvalue weighted by atomic mass is 9.74. The number of aromatic nitrogens is 1. The number of carbonyl (C=O) groups is 3. The topological polar surface area (TPSA) is 131 Å². The highest BCUT2D eigenvalue weighted by molar-refractivity contribution is 8.77. The van der Waals surface area contributed by atoms with Crippen molar-refractivity contribution in [2.75, 3.05) is 5.75 Å². The van der Waals surface area contributed by atoms with E-state index in [0.29, 0.717) is 11.5 Å². The molecule has 1 N–H and O–H groups in total. The molecule has 0 saturated carbocycles. The zero-order valence-corrected chi connectivity index (χ0v) is 20.2. The number of rotatable bonds is 10. The minimum atomic E-state index is -4.53. The highest BCUT2D eigenvalue weighted by Crippen LogP contribution is 2.48. The molecule has 1 saturated heterocycles. The van der Waals surface area contributed by atoms with E-state index < -0.39 is 49.7 Å². The van der Waals surface area contributed by atoms with Gasteiger partial charge < -0.3 is 4.84 Å². The van der Waals surface area contributed by atoms with Crippen LogP contribution in [0.3, 0.4) is 0 Å². The molecule has 1 unspecified atom stereocenters. The Hall–Kier alpha value is -1.63. The van der Waals surface area contributed by atoms with E-state index >= 15 is 0 Å². The summed E-state index contributed by atoms with van der Waals surface area (Å²) in [5, 5.41) is 1.19. The maximum atomic E-state index is 12.8. The predicted octanol–water partition coefficient (Wildman–Crippen LogP) is 3.13. The zero-order valence-electron chi connectivity index (χ0n) is 17.7. The fraction of sp³-hybridized carbons (Fsp3) is 0.579. The van der Waals surface area contributed by atoms with Crippen molar-refractivity contribution in [1.82, 2.24) is 10.0 Å². The molecule has 0 radical (unpaired) electrons. The second-order valence-corrected chi connectivity index (χ2v) is 12.9. The van der Waals surface area contributed by atoms with Crippen LogP contribution >= 0.6 is 21.6 Å². The summed E-state index contributed by atoms with van der Waals surface area (Å²) in [6.07, 6.45) is 1.89. The average Bonchev–Trinajstić information content (AvgIpc) is 2.96. The van der Waals surface area contributed by atoms with Gasteiger partial charge in [0.25, 0.3) is 21.9 Å². The number of hydrogen-bond acceptors (Lipinski definition) is 9. The number of amides is 2. The molecule has 2 rings (SSSR count). The molecule has 1 aliphatic heterocycles. The van der Waals surface area contributed by atoms with Crippen LogP contribution in [-0.2, 0) is 29.3 Å². The van der Waals surface area contributed by atoms with Crippen molar-refractivity contribution in [2.24, 2.45) is 11.3 Å². The Morgan fingerprint density at radius 1 is 1.23 bits per heavy atom. The van der Waals surface area contributed by atoms with Gasteiger partial charge in [0, 0.05) is 23.8 Å². The Morgan fingerprint density at radius 2 is 1.84 bits per heavy atom. The third-order valence-corrected chi connectivity index (χ3v) is 8.63. The van der Waals surface area contributed by atoms with Gasteiger partial charge in [-0.2, -0.15) is 8.42 Å². The molecule has 1 fully saturated rings. The summed E-state index contributed by atoms with van der Waals surface area (Å²) in [6, 6.07) is 5.54. The van der Waals surface area contributed by atoms with E-state index in [4.69, 9.17) is 4.84 Å². The first-order chi connectivity index (χ1) is 14.2. The highest BCUT2D eigenvalue weighted by atomic mass is 33.1. The fourth-order valence-electron chi connectivity index (χ4n) is 3.44. The Bertz CT molecular complexity index is 917. The molecule has 0 aromatic carbocycles. The zero-order chi connectivity index (χ0) is 23.4. The quantitative estimate of drug-likeness (QED) is 0.296. The number of hydrogen-bond donors (Lipinski definition) is 1. The molecule has 1 atom stereocenters. The van der Waals surface area contributed by atoms with Crippen LogP contribution in [-0.4, -0.2) is 51.3 Å². The van der Waals surface area contributed by atoms with Crippen LogP contribution in [0.5, 0.6) is 0 Å². The lowest BCUT2D eigenvalue weighted by Crippen LogP contribution is -2.44. The standard InChI is InChI=1S/C19H26N2O7S3/c1-18(2,12-19(3,4)30-29-14-7-5-6-10-20-14)13(11-31(25,26)27)17(24)28-21-15(22)8-9-16(21)23/h5-7,10,13H,8-9,11-12H2,1-4H3,(H,25,26,27). The Balaban J connectivity index is 2.17. The Morgan fingerprint density at radius 3 is 2.35 bits per heavy atom. The smallest absolute Gasteiger partial charge is 0.330 e. The first kappa shape index (κ1) is 25.6. The van der Waals surface area contributed by atoms with Crippen molar-refractivity contribution in [2.45, 2.75) is 56.7 Å². The summed E-state index contributed by atoms with van der Waals surface area (Å²) >= 11 is 0. The maximum Gasteiger partial charge on any atom is 0.337 e. The average molecular weight is 491 g/mol. The minimum Gasteiger partial charge on any atom is -0.330 e. The van der Waals surface area contributed by atoms with Crippen molar-refractivity contribution < 1.29 is 32.2 Å². The molecule has 172 valence electrons. The van der Waals surface area contributed by atoms with Crippen LogP contribution in [0.4, 0.5) is 0 Å². The molecule has 12 heteroatoms. The summed E-state index contributed by atoms with van der Waals surface area (Å²) in [6.45, 7) is 7.26. The molecular formula is C19H26N2O7S3. The normalized spacial score (nSPS) is 16.5. The summed E-state index contributed by atoms with van der Waals surface area (Å²) in [5.41, 5.74) is -0.958. The van der Waals surface area contributed by atoms with Gasteiger partial charge in [0.15, 0.2) is 0 Å². The van der Waals surface area contributed by atoms with E-state index in [2.05, 4.69) is 4.98 Å². The lowest BCUT2D eigenvalue weighted by Gasteiger charge is -2.38. The van der Waals surface area contributed by atoms with E-state index in [1.54, 1.807) is 20.0 Å². The van der Waals surface area contributed by atoms with Crippen molar-refractivity contribution >= 4 is 49.5 Å². The van der Waals surface area contributed by atoms with E-state index in [1.165, 1.54) is 21.6 Å². The third kappa shape index (κ3) is 7.78. The summed E-state index contributed by atoms with van der Waals surface area (Å²) in [4.78, 5) is 45.6. The molecule has 1 aromatic rings. The molecule has 0 spiro atoms. The number of carbonyl (C=O) groups excluding carboxylic acids is 3. The summed E-state index contributed by atoms with van der Waals surface area (Å²) < 4.78 is 32.2. The minimum absolute atomic E-state index is 0.0765. The molecule has 31 heavy (non-hydrogen) atoms. The largest absolute Gasteiger partial charge is 0.337 e. The molecule has 0 aliphatic carbocycles. The van der Waals surface area contributed by atoms with E-state index in [9.17, 15) is 27.4 Å². The van der Waals surface area contributed by atoms with Crippen molar-refractivity contribution in [3.63, 3.8) is 0 Å². The molecule has 2 amide bonds. The second-order valence-electron chi connectivity index (χ2n) is 8.55. The van der Waals surface area contributed by atoms with Gasteiger partial charge in [0.2, 0.25) is 0 Å². The molecule has 2 heterocycles. The number of nitrogens with zero attached hydrogens (tertiary/aromatic N) is 2. The van der Waals surface area contributed by atoms with Crippen LogP contribution in [0.2, 0.25) is 0 Å². The SMILES string of the molecule is CC(C)(CC(C)(C)C(CS(=O)(=O)O)C(=O)ON1C(=O)CCC1=O)SSc1ccccn1. The number of pyridine rings is 1. The number of hydroxylamine groups is 2. The van der Waals surface area contributed by atoms with Crippen molar-refractivity contribution in [3.05, 3.63) is 24.4 Å². The van der Waals surface area contributed by atoms with Gasteiger partial charge in [-0.05, 0) is 48.6 Å². The van der Waals surface area contributed by atoms with E-state index in [1.807, 2.05) is 32.0 Å². The van der Waals surface area contributed by atoms with Crippen molar-refractivity contribution in [3.8, 4) is 0 Å². The van der Waals surface area contributed by atoms with Crippen LogP contribution < -0.4 is 0 Å². The van der Waals surface area contributed by atoms with Crippen molar-refractivity contribution in [1.29, 1.82) is 0 Å². The molecule has 0 bridgehead atoms. The van der Waals surface area contributed by atoms with Crippen LogP contribution in [0.15, 0.2) is 29.4 Å². The van der Waals surface area contributed by atoms with Crippen LogP contribution in [0, 0.1) is 11.3 Å². The highest BCUT2D eigenvalue weighted by Gasteiger charge is 2.45. The van der Waals surface area contributed by atoms with Gasteiger partial charge in [-0.1, -0.05) is 30.7 Å². The van der Waals surface area contributed by atoms with Crippen LogP contribution in [0.1, 0.15) is 47.0 Å². The van der Waals surface area contributed by atoms with Gasteiger partial charge in [0.1, 0.15) is 5.03 Å². The Labute approximate surface area is 189 Å². The van der Waals surface area contributed by atoms with Crippen LogP contribution in [0.25, 0.3) is 0 Å². The van der Waals surface area contributed by atoms with Gasteiger partial charge in [-0.15, -0.1) is 5.06 Å². The fourth-order valence-corrected chi connectivity index (χ4v) is 6.83. The summed E-state index contributed by atoms with van der Waals surface area (Å²) in [7, 11) is -1.57. The predicted molar refractivity (Wildman–Crippen MR) is 117 cm³/mol. The third-order valence-electron chi connectivity index (χ3n) is 4.66. The maximum absolute atomic E-state index is 12.8. The van der Waals surface area contributed by atoms with Gasteiger partial charge in [-0.3, -0.25) is 14.1 Å². The van der Waals surface area contributed by atoms with E-state index in [-0.39, 0.29) is 12.8 Å². The van der Waals surface area contributed by atoms with E-state index in [0.717, 1.165) is 5.03 Å². The van der Waals surface area contributed by atoms with Gasteiger partial charge in [0.05, 0.1) is 11.7 Å². The second kappa shape index (κ2) is 9.88. The summed E-state index contributed by atoms with van der Waals surface area (Å²) in [5.74, 6) is -4.56. The monoisotopic (exact) mass is 490 g/mol. The van der Waals surface area contributed by atoms with Gasteiger partial charge >= 0.3 is 5.97 Å². The molecule has 9 nitrogen and oxygen atoms in total. The Kier molecular flexibility index (Phi) is 8.17. The first-order valence-corrected chi connectivity index (χ1v) is 13.3. The molecule has 1 aliphatic rings. The molecule has 1 aromatic heterocycles.